The lowest BCUT2D eigenvalue weighted by Gasteiger charge is -2.32. The quantitative estimate of drug-likeness (QED) is 0.885. The minimum atomic E-state index is -0.622. The van der Waals surface area contributed by atoms with Gasteiger partial charge in [0.1, 0.15) is 0 Å². The number of aromatic nitrogens is 1. The number of hydrogen-bond donors (Lipinski definition) is 1. The normalized spacial score (nSPS) is 16.9. The van der Waals surface area contributed by atoms with Crippen molar-refractivity contribution in [2.75, 3.05) is 19.7 Å². The van der Waals surface area contributed by atoms with Crippen LogP contribution in [0.3, 0.4) is 0 Å². The number of rotatable bonds is 5. The van der Waals surface area contributed by atoms with Crippen molar-refractivity contribution >= 4 is 12.0 Å². The van der Waals surface area contributed by atoms with Gasteiger partial charge in [-0.15, -0.1) is 0 Å². The molecule has 1 aliphatic rings. The van der Waals surface area contributed by atoms with Crippen LogP contribution >= 0.6 is 0 Å². The van der Waals surface area contributed by atoms with Gasteiger partial charge in [0.05, 0.1) is 31.0 Å². The van der Waals surface area contributed by atoms with Gasteiger partial charge < -0.3 is 20.1 Å². The van der Waals surface area contributed by atoms with E-state index in [2.05, 4.69) is 17.1 Å². The number of pyridine rings is 1. The number of ether oxygens (including phenoxy) is 2. The van der Waals surface area contributed by atoms with E-state index in [1.54, 1.807) is 4.90 Å². The van der Waals surface area contributed by atoms with Crippen LogP contribution < -0.4 is 10.5 Å². The van der Waals surface area contributed by atoms with E-state index in [4.69, 9.17) is 15.2 Å². The highest BCUT2D eigenvalue weighted by Crippen LogP contribution is 2.16. The Morgan fingerprint density at radius 2 is 2.08 bits per heavy atom. The number of amides is 2. The SMILES string of the molecule is NC(=O)c1cncc(OC(=O)N2CCOC(CCc3ccccc3)C2)c1. The second kappa shape index (κ2) is 8.44. The van der Waals surface area contributed by atoms with Gasteiger partial charge in [0.25, 0.3) is 0 Å². The number of aryl methyl sites for hydroxylation is 1. The van der Waals surface area contributed by atoms with E-state index in [0.717, 1.165) is 12.8 Å². The Labute approximate surface area is 151 Å². The van der Waals surface area contributed by atoms with Crippen molar-refractivity contribution in [1.29, 1.82) is 0 Å². The lowest BCUT2D eigenvalue weighted by atomic mass is 10.1. The van der Waals surface area contributed by atoms with E-state index in [1.807, 2.05) is 18.2 Å². The number of morpholine rings is 1. The number of nitrogens with zero attached hydrogens (tertiary/aromatic N) is 2. The topological polar surface area (TPSA) is 94.8 Å². The number of hydrogen-bond acceptors (Lipinski definition) is 5. The van der Waals surface area contributed by atoms with Crippen LogP contribution in [0.15, 0.2) is 48.8 Å². The molecule has 0 saturated carbocycles. The van der Waals surface area contributed by atoms with Gasteiger partial charge in [-0.1, -0.05) is 30.3 Å². The van der Waals surface area contributed by atoms with Crippen LogP contribution in [0.5, 0.6) is 5.75 Å². The summed E-state index contributed by atoms with van der Waals surface area (Å²) in [6.07, 6.45) is 3.89. The molecule has 2 N–H and O–H groups in total. The molecular weight excluding hydrogens is 334 g/mol. The number of benzene rings is 1. The van der Waals surface area contributed by atoms with Crippen LogP contribution in [0.1, 0.15) is 22.3 Å². The lowest BCUT2D eigenvalue weighted by molar-refractivity contribution is -0.0237. The Morgan fingerprint density at radius 3 is 2.85 bits per heavy atom. The fourth-order valence-electron chi connectivity index (χ4n) is 2.81. The van der Waals surface area contributed by atoms with Crippen LogP contribution in [-0.2, 0) is 11.2 Å². The molecular formula is C19H21N3O4. The maximum Gasteiger partial charge on any atom is 0.415 e. The van der Waals surface area contributed by atoms with Crippen molar-refractivity contribution in [3.8, 4) is 5.75 Å². The number of primary amides is 1. The third kappa shape index (κ3) is 4.80. The summed E-state index contributed by atoms with van der Waals surface area (Å²) in [6.45, 7) is 1.40. The smallest absolute Gasteiger partial charge is 0.409 e. The first kappa shape index (κ1) is 17.9. The average molecular weight is 355 g/mol. The second-order valence-corrected chi connectivity index (χ2v) is 6.10. The van der Waals surface area contributed by atoms with Crippen LogP contribution in [0.25, 0.3) is 0 Å². The number of carbonyl (C=O) groups is 2. The molecule has 1 aromatic heterocycles. The molecule has 0 bridgehead atoms. The highest BCUT2D eigenvalue weighted by atomic mass is 16.6. The molecule has 1 aliphatic heterocycles. The van der Waals surface area contributed by atoms with Gasteiger partial charge in [0.15, 0.2) is 5.75 Å². The van der Waals surface area contributed by atoms with E-state index in [1.165, 1.54) is 24.0 Å². The second-order valence-electron chi connectivity index (χ2n) is 6.10. The molecule has 1 aromatic carbocycles. The molecule has 2 aromatic rings. The molecule has 1 fully saturated rings. The molecule has 1 unspecified atom stereocenters. The molecule has 1 saturated heterocycles. The van der Waals surface area contributed by atoms with E-state index in [9.17, 15) is 9.59 Å². The van der Waals surface area contributed by atoms with E-state index < -0.39 is 12.0 Å². The van der Waals surface area contributed by atoms with Gasteiger partial charge >= 0.3 is 6.09 Å². The predicted octanol–water partition coefficient (Wildman–Crippen LogP) is 2.01. The van der Waals surface area contributed by atoms with E-state index in [0.29, 0.717) is 19.7 Å². The monoisotopic (exact) mass is 355 g/mol. The van der Waals surface area contributed by atoms with Crippen molar-refractivity contribution in [2.24, 2.45) is 5.73 Å². The van der Waals surface area contributed by atoms with Crippen molar-refractivity contribution < 1.29 is 19.1 Å². The fourth-order valence-corrected chi connectivity index (χ4v) is 2.81. The summed E-state index contributed by atoms with van der Waals surface area (Å²) in [5, 5.41) is 0. The van der Waals surface area contributed by atoms with E-state index in [-0.39, 0.29) is 17.4 Å². The van der Waals surface area contributed by atoms with Gasteiger partial charge in [0.2, 0.25) is 5.91 Å². The Kier molecular flexibility index (Phi) is 5.80. The molecule has 136 valence electrons. The Balaban J connectivity index is 1.54. The summed E-state index contributed by atoms with van der Waals surface area (Å²) in [6, 6.07) is 11.6. The Bertz CT molecular complexity index is 766. The minimum Gasteiger partial charge on any atom is -0.409 e. The summed E-state index contributed by atoms with van der Waals surface area (Å²) in [7, 11) is 0. The Hall–Kier alpha value is -2.93. The molecule has 26 heavy (non-hydrogen) atoms. The van der Waals surface area contributed by atoms with Crippen molar-refractivity contribution in [2.45, 2.75) is 18.9 Å². The van der Waals surface area contributed by atoms with Crippen LogP contribution in [0.4, 0.5) is 4.79 Å². The van der Waals surface area contributed by atoms with Crippen LogP contribution in [0, 0.1) is 0 Å². The van der Waals surface area contributed by atoms with Gasteiger partial charge in [-0.05, 0) is 24.5 Å². The fraction of sp³-hybridized carbons (Fsp3) is 0.316. The third-order valence-electron chi connectivity index (χ3n) is 4.20. The minimum absolute atomic E-state index is 0.0356. The standard InChI is InChI=1S/C19H21N3O4/c20-18(23)15-10-17(12-21-11-15)26-19(24)22-8-9-25-16(13-22)7-6-14-4-2-1-3-5-14/h1-5,10-12,16H,6-9,13H2,(H2,20,23). The molecule has 0 radical (unpaired) electrons. The highest BCUT2D eigenvalue weighted by Gasteiger charge is 2.25. The summed E-state index contributed by atoms with van der Waals surface area (Å²) in [4.78, 5) is 29.0. The van der Waals surface area contributed by atoms with Gasteiger partial charge in [0, 0.05) is 12.7 Å². The Morgan fingerprint density at radius 1 is 1.27 bits per heavy atom. The zero-order chi connectivity index (χ0) is 18.4. The molecule has 7 nitrogen and oxygen atoms in total. The zero-order valence-corrected chi connectivity index (χ0v) is 14.3. The van der Waals surface area contributed by atoms with Gasteiger partial charge in [-0.3, -0.25) is 9.78 Å². The number of carbonyl (C=O) groups excluding carboxylic acids is 2. The number of nitrogens with two attached hydrogens (primary N) is 1. The lowest BCUT2D eigenvalue weighted by Crippen LogP contribution is -2.46. The van der Waals surface area contributed by atoms with Gasteiger partial charge in [-0.2, -0.15) is 0 Å². The molecule has 0 spiro atoms. The largest absolute Gasteiger partial charge is 0.415 e. The summed E-state index contributed by atoms with van der Waals surface area (Å²) >= 11 is 0. The van der Waals surface area contributed by atoms with Crippen molar-refractivity contribution in [3.63, 3.8) is 0 Å². The summed E-state index contributed by atoms with van der Waals surface area (Å²) in [5.41, 5.74) is 6.64. The highest BCUT2D eigenvalue weighted by molar-refractivity contribution is 5.92. The molecule has 7 heteroatoms. The maximum atomic E-state index is 12.4. The molecule has 0 aliphatic carbocycles. The van der Waals surface area contributed by atoms with Crippen molar-refractivity contribution in [3.05, 3.63) is 59.9 Å². The van der Waals surface area contributed by atoms with Gasteiger partial charge in [-0.25, -0.2) is 4.79 Å². The molecule has 2 heterocycles. The predicted molar refractivity (Wildman–Crippen MR) is 94.9 cm³/mol. The third-order valence-corrected chi connectivity index (χ3v) is 4.20. The summed E-state index contributed by atoms with van der Waals surface area (Å²) < 4.78 is 11.1. The molecule has 3 rings (SSSR count). The maximum absolute atomic E-state index is 12.4. The zero-order valence-electron chi connectivity index (χ0n) is 14.3. The first-order chi connectivity index (χ1) is 12.6. The molecule has 2 amide bonds. The molecule has 1 atom stereocenters. The van der Waals surface area contributed by atoms with Crippen molar-refractivity contribution in [1.82, 2.24) is 9.88 Å². The van der Waals surface area contributed by atoms with Crippen LogP contribution in [-0.4, -0.2) is 47.7 Å². The average Bonchev–Trinajstić information content (AvgIpc) is 2.67. The first-order valence-corrected chi connectivity index (χ1v) is 8.49. The summed E-state index contributed by atoms with van der Waals surface area (Å²) in [5.74, 6) is -0.429. The van der Waals surface area contributed by atoms with E-state index >= 15 is 0 Å². The first-order valence-electron chi connectivity index (χ1n) is 8.49. The van der Waals surface area contributed by atoms with Crippen LogP contribution in [0.2, 0.25) is 0 Å².